The Labute approximate surface area is 102 Å². The lowest BCUT2D eigenvalue weighted by atomic mass is 9.91. The Kier molecular flexibility index (Phi) is 4.93. The maximum atomic E-state index is 11.2. The van der Waals surface area contributed by atoms with E-state index in [1.54, 1.807) is 0 Å². The van der Waals surface area contributed by atoms with E-state index in [1.165, 1.54) is 0 Å². The molecule has 0 bridgehead atoms. The van der Waals surface area contributed by atoms with E-state index in [9.17, 15) is 14.7 Å². The molecular weight excluding hydrogens is 220 g/mol. The predicted molar refractivity (Wildman–Crippen MR) is 64.4 cm³/mol. The molecule has 1 aliphatic heterocycles. The summed E-state index contributed by atoms with van der Waals surface area (Å²) in [7, 11) is 0. The van der Waals surface area contributed by atoms with Gasteiger partial charge in [-0.05, 0) is 37.8 Å². The third-order valence-corrected chi connectivity index (χ3v) is 3.42. The summed E-state index contributed by atoms with van der Waals surface area (Å²) in [4.78, 5) is 24.0. The summed E-state index contributed by atoms with van der Waals surface area (Å²) in [6.45, 7) is 5.34. The van der Waals surface area contributed by atoms with E-state index in [0.29, 0.717) is 12.3 Å². The second-order valence-corrected chi connectivity index (χ2v) is 5.18. The highest BCUT2D eigenvalue weighted by molar-refractivity contribution is 5.74. The van der Waals surface area contributed by atoms with Gasteiger partial charge in [-0.15, -0.1) is 0 Å². The molecule has 1 aliphatic rings. The Hall–Kier alpha value is -1.10. The molecule has 0 aromatic heterocycles. The first-order valence-corrected chi connectivity index (χ1v) is 6.17. The van der Waals surface area contributed by atoms with Crippen molar-refractivity contribution in [2.45, 2.75) is 39.2 Å². The van der Waals surface area contributed by atoms with Gasteiger partial charge in [0.05, 0.1) is 0 Å². The fourth-order valence-electron chi connectivity index (χ4n) is 2.58. The first kappa shape index (κ1) is 14.0. The number of primary amides is 1. The number of amides is 1. The molecule has 5 nitrogen and oxygen atoms in total. The molecule has 1 fully saturated rings. The van der Waals surface area contributed by atoms with Gasteiger partial charge in [-0.3, -0.25) is 14.5 Å². The van der Waals surface area contributed by atoms with Gasteiger partial charge in [0.25, 0.3) is 0 Å². The van der Waals surface area contributed by atoms with Crippen LogP contribution in [-0.2, 0) is 9.59 Å². The number of hydrogen-bond acceptors (Lipinski definition) is 3. The van der Waals surface area contributed by atoms with Crippen LogP contribution in [0.4, 0.5) is 0 Å². The van der Waals surface area contributed by atoms with Crippen LogP contribution in [0.1, 0.15) is 33.1 Å². The molecule has 1 unspecified atom stereocenters. The zero-order valence-electron chi connectivity index (χ0n) is 10.6. The maximum absolute atomic E-state index is 11.2. The maximum Gasteiger partial charge on any atom is 0.321 e. The summed E-state index contributed by atoms with van der Waals surface area (Å²) in [6, 6.07) is -0.412. The second kappa shape index (κ2) is 6.00. The van der Waals surface area contributed by atoms with Crippen molar-refractivity contribution in [3.8, 4) is 0 Å². The van der Waals surface area contributed by atoms with E-state index in [2.05, 4.69) is 0 Å². The lowest BCUT2D eigenvalue weighted by Gasteiger charge is -2.37. The highest BCUT2D eigenvalue weighted by atomic mass is 16.4. The minimum Gasteiger partial charge on any atom is -0.480 e. The van der Waals surface area contributed by atoms with Crippen molar-refractivity contribution in [3.05, 3.63) is 0 Å². The molecule has 5 heteroatoms. The number of carbonyl (C=O) groups is 2. The second-order valence-electron chi connectivity index (χ2n) is 5.18. The first-order valence-electron chi connectivity index (χ1n) is 6.17. The number of hydrogen-bond donors (Lipinski definition) is 2. The molecule has 17 heavy (non-hydrogen) atoms. The molecule has 1 saturated heterocycles. The van der Waals surface area contributed by atoms with Crippen molar-refractivity contribution in [2.24, 2.45) is 17.6 Å². The van der Waals surface area contributed by atoms with E-state index >= 15 is 0 Å². The number of carboxylic acid groups (broad SMARTS) is 1. The van der Waals surface area contributed by atoms with Crippen LogP contribution >= 0.6 is 0 Å². The van der Waals surface area contributed by atoms with Crippen molar-refractivity contribution in [3.63, 3.8) is 0 Å². The minimum atomic E-state index is -0.756. The Morgan fingerprint density at radius 1 is 1.35 bits per heavy atom. The quantitative estimate of drug-likeness (QED) is 0.742. The Balaban J connectivity index is 2.50. The van der Waals surface area contributed by atoms with Crippen molar-refractivity contribution >= 4 is 11.9 Å². The number of carbonyl (C=O) groups excluding carboxylic acids is 1. The van der Waals surface area contributed by atoms with Crippen LogP contribution in [0.15, 0.2) is 0 Å². The first-order chi connectivity index (χ1) is 7.91. The summed E-state index contributed by atoms with van der Waals surface area (Å²) in [6.07, 6.45) is 2.14. The van der Waals surface area contributed by atoms with Gasteiger partial charge in [-0.25, -0.2) is 0 Å². The summed E-state index contributed by atoms with van der Waals surface area (Å²) in [5.41, 5.74) is 5.17. The molecule has 3 N–H and O–H groups in total. The monoisotopic (exact) mass is 242 g/mol. The van der Waals surface area contributed by atoms with Gasteiger partial charge in [-0.1, -0.05) is 13.8 Å². The van der Waals surface area contributed by atoms with Crippen LogP contribution in [0.3, 0.4) is 0 Å². The Bertz CT molecular complexity index is 283. The standard InChI is InChI=1S/C12H22N2O3/c1-8(2)11(12(16)17)14-5-3-9(4-6-14)7-10(13)15/h8-9,11H,3-7H2,1-2H3,(H2,13,15)(H,16,17). The molecule has 1 amide bonds. The average molecular weight is 242 g/mol. The zero-order valence-corrected chi connectivity index (χ0v) is 10.6. The lowest BCUT2D eigenvalue weighted by molar-refractivity contribution is -0.146. The van der Waals surface area contributed by atoms with Crippen molar-refractivity contribution in [1.82, 2.24) is 4.90 Å². The molecule has 1 atom stereocenters. The highest BCUT2D eigenvalue weighted by Crippen LogP contribution is 2.23. The molecule has 98 valence electrons. The molecule has 0 aliphatic carbocycles. The normalized spacial score (nSPS) is 20.4. The van der Waals surface area contributed by atoms with Crippen LogP contribution in [0.2, 0.25) is 0 Å². The number of rotatable bonds is 5. The number of aliphatic carboxylic acids is 1. The smallest absolute Gasteiger partial charge is 0.321 e. The lowest BCUT2D eigenvalue weighted by Crippen LogP contribution is -2.48. The molecule has 0 radical (unpaired) electrons. The fraction of sp³-hybridized carbons (Fsp3) is 0.833. The van der Waals surface area contributed by atoms with Crippen LogP contribution in [0.5, 0.6) is 0 Å². The predicted octanol–water partition coefficient (Wildman–Crippen LogP) is 0.683. The third-order valence-electron chi connectivity index (χ3n) is 3.42. The molecule has 1 heterocycles. The van der Waals surface area contributed by atoms with Crippen LogP contribution < -0.4 is 5.73 Å². The Morgan fingerprint density at radius 3 is 2.24 bits per heavy atom. The molecule has 0 saturated carbocycles. The van der Waals surface area contributed by atoms with Gasteiger partial charge in [0, 0.05) is 6.42 Å². The van der Waals surface area contributed by atoms with Crippen molar-refractivity contribution in [2.75, 3.05) is 13.1 Å². The van der Waals surface area contributed by atoms with Gasteiger partial charge >= 0.3 is 5.97 Å². The van der Waals surface area contributed by atoms with Gasteiger partial charge in [0.2, 0.25) is 5.91 Å². The highest BCUT2D eigenvalue weighted by Gasteiger charge is 2.31. The van der Waals surface area contributed by atoms with Gasteiger partial charge in [-0.2, -0.15) is 0 Å². The average Bonchev–Trinajstić information content (AvgIpc) is 2.18. The van der Waals surface area contributed by atoms with Gasteiger partial charge in [0.1, 0.15) is 6.04 Å². The minimum absolute atomic E-state index is 0.0974. The molecule has 0 aromatic rings. The van der Waals surface area contributed by atoms with E-state index in [-0.39, 0.29) is 11.8 Å². The number of carboxylic acids is 1. The molecule has 0 aromatic carbocycles. The summed E-state index contributed by atoms with van der Waals surface area (Å²) < 4.78 is 0. The van der Waals surface area contributed by atoms with E-state index in [0.717, 1.165) is 25.9 Å². The molecule has 1 rings (SSSR count). The largest absolute Gasteiger partial charge is 0.480 e. The number of likely N-dealkylation sites (tertiary alicyclic amines) is 1. The van der Waals surface area contributed by atoms with E-state index in [4.69, 9.17) is 5.73 Å². The summed E-state index contributed by atoms with van der Waals surface area (Å²) in [5.74, 6) is -0.596. The van der Waals surface area contributed by atoms with Crippen LogP contribution in [0, 0.1) is 11.8 Å². The van der Waals surface area contributed by atoms with E-state index in [1.807, 2.05) is 18.7 Å². The fourth-order valence-corrected chi connectivity index (χ4v) is 2.58. The SMILES string of the molecule is CC(C)C(C(=O)O)N1CCC(CC(N)=O)CC1. The third kappa shape index (κ3) is 4.00. The van der Waals surface area contributed by atoms with Crippen LogP contribution in [0.25, 0.3) is 0 Å². The topological polar surface area (TPSA) is 83.6 Å². The molecule has 0 spiro atoms. The number of piperidine rings is 1. The number of nitrogens with two attached hydrogens (primary N) is 1. The summed E-state index contributed by atoms with van der Waals surface area (Å²) in [5, 5.41) is 9.19. The Morgan fingerprint density at radius 2 is 1.88 bits per heavy atom. The van der Waals surface area contributed by atoms with Crippen molar-refractivity contribution in [1.29, 1.82) is 0 Å². The van der Waals surface area contributed by atoms with E-state index < -0.39 is 12.0 Å². The summed E-state index contributed by atoms with van der Waals surface area (Å²) >= 11 is 0. The number of nitrogens with zero attached hydrogens (tertiary/aromatic N) is 1. The van der Waals surface area contributed by atoms with Crippen LogP contribution in [-0.4, -0.2) is 41.0 Å². The molecular formula is C12H22N2O3. The van der Waals surface area contributed by atoms with Gasteiger partial charge in [0.15, 0.2) is 0 Å². The van der Waals surface area contributed by atoms with Gasteiger partial charge < -0.3 is 10.8 Å². The van der Waals surface area contributed by atoms with Crippen molar-refractivity contribution < 1.29 is 14.7 Å². The zero-order chi connectivity index (χ0) is 13.0.